The van der Waals surface area contributed by atoms with E-state index in [1.165, 1.54) is 37.7 Å². The third-order valence-electron chi connectivity index (χ3n) is 4.24. The van der Waals surface area contributed by atoms with Crippen LogP contribution < -0.4 is 5.73 Å². The molecule has 0 amide bonds. The first-order chi connectivity index (χ1) is 9.51. The zero-order valence-corrected chi connectivity index (χ0v) is 14.7. The van der Waals surface area contributed by atoms with Crippen molar-refractivity contribution in [1.29, 1.82) is 0 Å². The van der Waals surface area contributed by atoms with Crippen LogP contribution in [0.5, 0.6) is 0 Å². The van der Waals surface area contributed by atoms with Gasteiger partial charge in [0.15, 0.2) is 0 Å². The van der Waals surface area contributed by atoms with E-state index in [9.17, 15) is 0 Å². The lowest BCUT2D eigenvalue weighted by Gasteiger charge is -2.38. The van der Waals surface area contributed by atoms with Gasteiger partial charge in [0, 0.05) is 23.1 Å². The summed E-state index contributed by atoms with van der Waals surface area (Å²) in [5.74, 6) is 0. The van der Waals surface area contributed by atoms with Crippen LogP contribution in [0.2, 0.25) is 0 Å². The second-order valence-electron chi connectivity index (χ2n) is 6.00. The highest BCUT2D eigenvalue weighted by Gasteiger charge is 2.27. The Morgan fingerprint density at radius 2 is 2.00 bits per heavy atom. The Balaban J connectivity index is 2.58. The summed E-state index contributed by atoms with van der Waals surface area (Å²) in [5.41, 5.74) is 7.48. The zero-order chi connectivity index (χ0) is 15.0. The molecular formula is C17H29BrN2. The molecule has 0 bridgehead atoms. The summed E-state index contributed by atoms with van der Waals surface area (Å²) < 4.78 is 1.14. The fourth-order valence-corrected chi connectivity index (χ4v) is 2.93. The molecule has 114 valence electrons. The quantitative estimate of drug-likeness (QED) is 0.667. The van der Waals surface area contributed by atoms with Gasteiger partial charge >= 0.3 is 0 Å². The van der Waals surface area contributed by atoms with Gasteiger partial charge in [-0.05, 0) is 38.1 Å². The van der Waals surface area contributed by atoms with E-state index >= 15 is 0 Å². The van der Waals surface area contributed by atoms with Crippen molar-refractivity contribution in [3.63, 3.8) is 0 Å². The molecule has 1 aromatic carbocycles. The first-order valence-electron chi connectivity index (χ1n) is 7.67. The molecule has 0 radical (unpaired) electrons. The number of nitrogens with zero attached hydrogens (tertiary/aromatic N) is 1. The summed E-state index contributed by atoms with van der Waals surface area (Å²) in [5, 5.41) is 0. The van der Waals surface area contributed by atoms with Gasteiger partial charge in [-0.1, -0.05) is 60.7 Å². The molecule has 0 saturated carbocycles. The molecule has 2 nitrogen and oxygen atoms in total. The van der Waals surface area contributed by atoms with Gasteiger partial charge in [0.05, 0.1) is 0 Å². The fraction of sp³-hybridized carbons (Fsp3) is 0.647. The number of likely N-dealkylation sites (N-methyl/N-ethyl adjacent to an activating group) is 1. The molecule has 1 atom stereocenters. The number of hydrogen-bond donors (Lipinski definition) is 1. The van der Waals surface area contributed by atoms with Gasteiger partial charge in [0.25, 0.3) is 0 Å². The highest BCUT2D eigenvalue weighted by molar-refractivity contribution is 9.10. The smallest absolute Gasteiger partial charge is 0.0304 e. The molecule has 2 N–H and O–H groups in total. The van der Waals surface area contributed by atoms with Gasteiger partial charge in [0.2, 0.25) is 0 Å². The first kappa shape index (κ1) is 17.7. The van der Waals surface area contributed by atoms with Crippen molar-refractivity contribution >= 4 is 15.9 Å². The molecule has 3 heteroatoms. The second-order valence-corrected chi connectivity index (χ2v) is 6.91. The number of halogens is 1. The van der Waals surface area contributed by atoms with E-state index in [1.54, 1.807) is 0 Å². The van der Waals surface area contributed by atoms with E-state index in [-0.39, 0.29) is 5.54 Å². The molecular weight excluding hydrogens is 312 g/mol. The van der Waals surface area contributed by atoms with Gasteiger partial charge in [-0.2, -0.15) is 0 Å². The number of nitrogens with two attached hydrogens (primary N) is 1. The second kappa shape index (κ2) is 8.81. The molecule has 0 saturated heterocycles. The SMILES string of the molecule is CCCCCCC(C)(CN)N(C)Cc1cccc(Br)c1. The highest BCUT2D eigenvalue weighted by atomic mass is 79.9. The molecule has 0 aliphatic rings. The normalized spacial score (nSPS) is 14.5. The molecule has 0 aliphatic heterocycles. The van der Waals surface area contributed by atoms with E-state index in [0.717, 1.165) is 11.0 Å². The number of unbranched alkanes of at least 4 members (excludes halogenated alkanes) is 3. The van der Waals surface area contributed by atoms with Gasteiger partial charge < -0.3 is 5.73 Å². The largest absolute Gasteiger partial charge is 0.329 e. The van der Waals surface area contributed by atoms with Crippen molar-refractivity contribution in [1.82, 2.24) is 4.90 Å². The van der Waals surface area contributed by atoms with Crippen LogP contribution in [-0.2, 0) is 6.54 Å². The zero-order valence-electron chi connectivity index (χ0n) is 13.2. The molecule has 0 spiro atoms. The molecule has 1 aromatic rings. The van der Waals surface area contributed by atoms with E-state index in [4.69, 9.17) is 5.73 Å². The number of rotatable bonds is 9. The Labute approximate surface area is 132 Å². The standard InChI is InChI=1S/C17H29BrN2/c1-4-5-6-7-11-17(2,14-19)20(3)13-15-9-8-10-16(18)12-15/h8-10,12H,4-7,11,13-14,19H2,1-3H3. The predicted molar refractivity (Wildman–Crippen MR) is 91.8 cm³/mol. The Morgan fingerprint density at radius 3 is 2.60 bits per heavy atom. The summed E-state index contributed by atoms with van der Waals surface area (Å²) in [6, 6.07) is 8.52. The van der Waals surface area contributed by atoms with E-state index in [1.807, 2.05) is 0 Å². The molecule has 0 aromatic heterocycles. The van der Waals surface area contributed by atoms with Crippen molar-refractivity contribution in [2.45, 2.75) is 58.0 Å². The third-order valence-corrected chi connectivity index (χ3v) is 4.73. The lowest BCUT2D eigenvalue weighted by Crippen LogP contribution is -2.49. The van der Waals surface area contributed by atoms with Crippen LogP contribution >= 0.6 is 15.9 Å². The van der Waals surface area contributed by atoms with Gasteiger partial charge in [-0.25, -0.2) is 0 Å². The first-order valence-corrected chi connectivity index (χ1v) is 8.47. The molecule has 1 rings (SSSR count). The summed E-state index contributed by atoms with van der Waals surface area (Å²) >= 11 is 3.54. The summed E-state index contributed by atoms with van der Waals surface area (Å²) in [6.07, 6.45) is 6.37. The van der Waals surface area contributed by atoms with Crippen LogP contribution in [0.25, 0.3) is 0 Å². The maximum atomic E-state index is 6.06. The monoisotopic (exact) mass is 340 g/mol. The molecule has 20 heavy (non-hydrogen) atoms. The molecule has 0 fully saturated rings. The van der Waals surface area contributed by atoms with Crippen molar-refractivity contribution in [3.05, 3.63) is 34.3 Å². The van der Waals surface area contributed by atoms with Crippen LogP contribution in [-0.4, -0.2) is 24.0 Å². The van der Waals surface area contributed by atoms with Crippen molar-refractivity contribution < 1.29 is 0 Å². The Bertz CT molecular complexity index is 394. The minimum Gasteiger partial charge on any atom is -0.329 e. The maximum absolute atomic E-state index is 6.06. The van der Waals surface area contributed by atoms with E-state index in [0.29, 0.717) is 6.54 Å². The Kier molecular flexibility index (Phi) is 7.78. The van der Waals surface area contributed by atoms with Gasteiger partial charge in [-0.15, -0.1) is 0 Å². The van der Waals surface area contributed by atoms with Crippen LogP contribution in [0, 0.1) is 0 Å². The van der Waals surface area contributed by atoms with Crippen LogP contribution in [0.15, 0.2) is 28.7 Å². The third kappa shape index (κ3) is 5.55. The summed E-state index contributed by atoms with van der Waals surface area (Å²) in [7, 11) is 2.19. The number of benzene rings is 1. The van der Waals surface area contributed by atoms with E-state index < -0.39 is 0 Å². The van der Waals surface area contributed by atoms with Crippen LogP contribution in [0.1, 0.15) is 51.5 Å². The molecule has 1 unspecified atom stereocenters. The van der Waals surface area contributed by atoms with E-state index in [2.05, 4.69) is 66.0 Å². The van der Waals surface area contributed by atoms with Gasteiger partial charge in [-0.3, -0.25) is 4.90 Å². The van der Waals surface area contributed by atoms with Crippen molar-refractivity contribution in [2.24, 2.45) is 5.73 Å². The fourth-order valence-electron chi connectivity index (χ4n) is 2.48. The summed E-state index contributed by atoms with van der Waals surface area (Å²) in [4.78, 5) is 2.40. The molecule has 0 aliphatic carbocycles. The summed E-state index contributed by atoms with van der Waals surface area (Å²) in [6.45, 7) is 6.20. The minimum atomic E-state index is 0.0933. The van der Waals surface area contributed by atoms with Crippen molar-refractivity contribution in [2.75, 3.05) is 13.6 Å². The average molecular weight is 341 g/mol. The molecule has 0 heterocycles. The highest BCUT2D eigenvalue weighted by Crippen LogP contribution is 2.23. The lowest BCUT2D eigenvalue weighted by molar-refractivity contribution is 0.122. The lowest BCUT2D eigenvalue weighted by atomic mass is 9.92. The Hall–Kier alpha value is -0.380. The average Bonchev–Trinajstić information content (AvgIpc) is 2.43. The minimum absolute atomic E-state index is 0.0933. The van der Waals surface area contributed by atoms with Crippen molar-refractivity contribution in [3.8, 4) is 0 Å². The van der Waals surface area contributed by atoms with Crippen LogP contribution in [0.4, 0.5) is 0 Å². The number of hydrogen-bond acceptors (Lipinski definition) is 2. The van der Waals surface area contributed by atoms with Crippen LogP contribution in [0.3, 0.4) is 0 Å². The topological polar surface area (TPSA) is 29.3 Å². The van der Waals surface area contributed by atoms with Gasteiger partial charge in [0.1, 0.15) is 0 Å². The Morgan fingerprint density at radius 1 is 1.25 bits per heavy atom. The predicted octanol–water partition coefficient (Wildman–Crippen LogP) is 4.57. The maximum Gasteiger partial charge on any atom is 0.0304 e.